The normalized spacial score (nSPS) is 25.5. The molecule has 13 heteroatoms. The molecule has 37 heavy (non-hydrogen) atoms. The van der Waals surface area contributed by atoms with Crippen LogP contribution in [0.3, 0.4) is 0 Å². The van der Waals surface area contributed by atoms with E-state index in [1.807, 2.05) is 27.7 Å². The summed E-state index contributed by atoms with van der Waals surface area (Å²) < 4.78 is 52.1. The van der Waals surface area contributed by atoms with E-state index in [2.05, 4.69) is 10.3 Å². The quantitative estimate of drug-likeness (QED) is 0.512. The Balaban J connectivity index is 0.000000479. The van der Waals surface area contributed by atoms with Crippen LogP contribution in [0.4, 0.5) is 17.6 Å². The number of nitrogens with zero attached hydrogens (tertiary/aromatic N) is 2. The minimum atomic E-state index is -5.08. The molecule has 0 saturated heterocycles. The number of amides is 2. The number of carboxylic acids is 1. The Morgan fingerprint density at radius 2 is 1.89 bits per heavy atom. The third kappa shape index (κ3) is 6.89. The highest BCUT2D eigenvalue weighted by molar-refractivity contribution is 5.99. The van der Waals surface area contributed by atoms with Crippen LogP contribution in [0.15, 0.2) is 23.2 Å². The SMILES string of the molecule is CC1(C)CC(=O)N(C[C@@H]2C[C@H]2C(=O)NC2CC(C)(C)Oc3cccc(F)c32)C(N)=N1.O=C(O)C(F)(F)F. The summed E-state index contributed by atoms with van der Waals surface area (Å²) in [5.41, 5.74) is 5.38. The number of guanidine groups is 1. The van der Waals surface area contributed by atoms with E-state index in [1.165, 1.54) is 11.0 Å². The van der Waals surface area contributed by atoms with Crippen molar-refractivity contribution in [3.05, 3.63) is 29.6 Å². The fourth-order valence-corrected chi connectivity index (χ4v) is 4.48. The van der Waals surface area contributed by atoms with Crippen molar-refractivity contribution in [3.8, 4) is 5.75 Å². The van der Waals surface area contributed by atoms with Gasteiger partial charge in [0.05, 0.1) is 23.6 Å². The fourth-order valence-electron chi connectivity index (χ4n) is 4.48. The first kappa shape index (κ1) is 28.2. The summed E-state index contributed by atoms with van der Waals surface area (Å²) in [4.78, 5) is 40.1. The molecule has 2 heterocycles. The number of fused-ring (bicyclic) bond motifs is 1. The van der Waals surface area contributed by atoms with Gasteiger partial charge in [-0.15, -0.1) is 0 Å². The number of rotatable bonds is 4. The maximum atomic E-state index is 14.5. The molecule has 1 aromatic rings. The molecule has 2 aliphatic heterocycles. The Morgan fingerprint density at radius 1 is 1.27 bits per heavy atom. The van der Waals surface area contributed by atoms with Gasteiger partial charge in [-0.3, -0.25) is 14.5 Å². The van der Waals surface area contributed by atoms with Crippen molar-refractivity contribution in [2.24, 2.45) is 22.6 Å². The maximum Gasteiger partial charge on any atom is 0.490 e. The zero-order chi connectivity index (χ0) is 27.9. The summed E-state index contributed by atoms with van der Waals surface area (Å²) >= 11 is 0. The Labute approximate surface area is 211 Å². The van der Waals surface area contributed by atoms with Gasteiger partial charge in [0.1, 0.15) is 17.2 Å². The highest BCUT2D eigenvalue weighted by Gasteiger charge is 2.47. The topological polar surface area (TPSA) is 134 Å². The summed E-state index contributed by atoms with van der Waals surface area (Å²) in [5, 5.41) is 10.1. The number of aliphatic imine (C=N–C) groups is 1. The Bertz CT molecular complexity index is 1120. The number of carboxylic acid groups (broad SMARTS) is 1. The molecule has 0 bridgehead atoms. The average molecular weight is 531 g/mol. The number of benzene rings is 1. The van der Waals surface area contributed by atoms with Crippen molar-refractivity contribution in [1.82, 2.24) is 10.2 Å². The number of carbonyl (C=O) groups is 3. The molecule has 0 aromatic heterocycles. The molecular formula is C24H30F4N4O5. The Hall–Kier alpha value is -3.38. The predicted molar refractivity (Wildman–Crippen MR) is 124 cm³/mol. The summed E-state index contributed by atoms with van der Waals surface area (Å²) in [6, 6.07) is 4.26. The van der Waals surface area contributed by atoms with Gasteiger partial charge in [-0.2, -0.15) is 13.2 Å². The molecule has 0 spiro atoms. The van der Waals surface area contributed by atoms with Gasteiger partial charge in [0.2, 0.25) is 11.8 Å². The van der Waals surface area contributed by atoms with Crippen LogP contribution in [0.1, 0.15) is 58.6 Å². The van der Waals surface area contributed by atoms with Gasteiger partial charge in [0, 0.05) is 18.9 Å². The van der Waals surface area contributed by atoms with Crippen LogP contribution < -0.4 is 15.8 Å². The van der Waals surface area contributed by atoms with Crippen LogP contribution in [0.2, 0.25) is 0 Å². The van der Waals surface area contributed by atoms with Gasteiger partial charge in [-0.05, 0) is 52.2 Å². The second-order valence-electron chi connectivity index (χ2n) is 10.6. The van der Waals surface area contributed by atoms with Crippen LogP contribution in [-0.2, 0) is 14.4 Å². The Morgan fingerprint density at radius 3 is 2.46 bits per heavy atom. The zero-order valence-electron chi connectivity index (χ0n) is 20.9. The lowest BCUT2D eigenvalue weighted by atomic mass is 9.89. The van der Waals surface area contributed by atoms with Crippen molar-refractivity contribution < 1.29 is 41.8 Å². The third-order valence-corrected chi connectivity index (χ3v) is 6.26. The lowest BCUT2D eigenvalue weighted by Gasteiger charge is -2.38. The molecule has 1 fully saturated rings. The molecule has 4 N–H and O–H groups in total. The third-order valence-electron chi connectivity index (χ3n) is 6.26. The molecule has 4 rings (SSSR count). The number of aliphatic carboxylic acids is 1. The summed E-state index contributed by atoms with van der Waals surface area (Å²) in [7, 11) is 0. The lowest BCUT2D eigenvalue weighted by Crippen LogP contribution is -2.50. The molecular weight excluding hydrogens is 500 g/mol. The molecule has 9 nitrogen and oxygen atoms in total. The fraction of sp³-hybridized carbons (Fsp3) is 0.583. The van der Waals surface area contributed by atoms with Crippen LogP contribution in [-0.4, -0.2) is 57.6 Å². The average Bonchev–Trinajstić information content (AvgIpc) is 3.48. The van der Waals surface area contributed by atoms with Gasteiger partial charge >= 0.3 is 12.1 Å². The minimum absolute atomic E-state index is 0.0249. The summed E-state index contributed by atoms with van der Waals surface area (Å²) in [6.45, 7) is 7.97. The first-order chi connectivity index (χ1) is 16.9. The zero-order valence-corrected chi connectivity index (χ0v) is 20.9. The van der Waals surface area contributed by atoms with Gasteiger partial charge in [-0.1, -0.05) is 6.07 Å². The second-order valence-corrected chi connectivity index (χ2v) is 10.6. The highest BCUT2D eigenvalue weighted by Crippen LogP contribution is 2.44. The van der Waals surface area contributed by atoms with E-state index in [9.17, 15) is 27.2 Å². The molecule has 204 valence electrons. The number of ether oxygens (including phenoxy) is 1. The van der Waals surface area contributed by atoms with Crippen molar-refractivity contribution in [2.75, 3.05) is 6.54 Å². The van der Waals surface area contributed by atoms with Crippen LogP contribution in [0, 0.1) is 17.7 Å². The molecule has 1 unspecified atom stereocenters. The van der Waals surface area contributed by atoms with Crippen LogP contribution in [0.5, 0.6) is 5.75 Å². The first-order valence-electron chi connectivity index (χ1n) is 11.6. The summed E-state index contributed by atoms with van der Waals surface area (Å²) in [5.74, 6) is -2.85. The van der Waals surface area contributed by atoms with Crippen molar-refractivity contribution in [1.29, 1.82) is 0 Å². The molecule has 0 radical (unpaired) electrons. The number of halogens is 4. The number of hydrogen-bond acceptors (Lipinski definition) is 6. The minimum Gasteiger partial charge on any atom is -0.487 e. The number of nitrogens with one attached hydrogen (secondary N) is 1. The van der Waals surface area contributed by atoms with E-state index in [1.54, 1.807) is 12.1 Å². The predicted octanol–water partition coefficient (Wildman–Crippen LogP) is 3.14. The van der Waals surface area contributed by atoms with E-state index in [-0.39, 0.29) is 35.4 Å². The van der Waals surface area contributed by atoms with E-state index in [4.69, 9.17) is 20.4 Å². The second kappa shape index (κ2) is 9.82. The van der Waals surface area contributed by atoms with Crippen LogP contribution >= 0.6 is 0 Å². The van der Waals surface area contributed by atoms with Crippen molar-refractivity contribution >= 4 is 23.7 Å². The van der Waals surface area contributed by atoms with Gasteiger partial charge in [-0.25, -0.2) is 14.2 Å². The van der Waals surface area contributed by atoms with E-state index >= 15 is 0 Å². The molecule has 1 aromatic carbocycles. The monoisotopic (exact) mass is 530 g/mol. The van der Waals surface area contributed by atoms with Gasteiger partial charge in [0.25, 0.3) is 0 Å². The van der Waals surface area contributed by atoms with Crippen molar-refractivity contribution in [3.63, 3.8) is 0 Å². The number of carbonyl (C=O) groups excluding carboxylic acids is 2. The maximum absolute atomic E-state index is 14.5. The largest absolute Gasteiger partial charge is 0.490 e. The first-order valence-corrected chi connectivity index (χ1v) is 11.6. The lowest BCUT2D eigenvalue weighted by molar-refractivity contribution is -0.192. The number of nitrogens with two attached hydrogens (primary N) is 1. The van der Waals surface area contributed by atoms with E-state index < -0.39 is 29.3 Å². The van der Waals surface area contributed by atoms with E-state index in [0.717, 1.165) is 0 Å². The van der Waals surface area contributed by atoms with Gasteiger partial charge < -0.3 is 20.9 Å². The molecule has 3 aliphatic rings. The van der Waals surface area contributed by atoms with Gasteiger partial charge in [0.15, 0.2) is 5.96 Å². The van der Waals surface area contributed by atoms with Crippen molar-refractivity contribution in [2.45, 2.75) is 70.3 Å². The smallest absolute Gasteiger partial charge is 0.487 e. The highest BCUT2D eigenvalue weighted by atomic mass is 19.4. The molecule has 1 saturated carbocycles. The molecule has 1 aliphatic carbocycles. The number of hydrogen-bond donors (Lipinski definition) is 3. The molecule has 3 atom stereocenters. The Kier molecular flexibility index (Phi) is 7.49. The number of alkyl halides is 3. The standard InChI is InChI=1S/C22H29FN4O3.C2HF3O2/c1-21(2)10-17(28)27(20(24)26-21)11-12-8-13(12)19(29)25-15-9-22(3,4)30-16-7-5-6-14(23)18(15)16;3-2(4,5)1(6)7/h5-7,12-13,15H,8-11H2,1-4H3,(H2,24,26)(H,25,29);(H,6,7)/t12-,13+,15?;/m0./s1. The van der Waals surface area contributed by atoms with Crippen LogP contribution in [0.25, 0.3) is 0 Å². The van der Waals surface area contributed by atoms with E-state index in [0.29, 0.717) is 37.1 Å². The molecule has 2 amide bonds. The summed E-state index contributed by atoms with van der Waals surface area (Å²) in [6.07, 6.45) is -3.64.